The lowest BCUT2D eigenvalue weighted by Gasteiger charge is -2.41. The lowest BCUT2D eigenvalue weighted by atomic mass is 10.0. The van der Waals surface area contributed by atoms with Gasteiger partial charge in [-0.25, -0.2) is 4.79 Å². The van der Waals surface area contributed by atoms with Gasteiger partial charge in [0.1, 0.15) is 6.04 Å². The summed E-state index contributed by atoms with van der Waals surface area (Å²) >= 11 is 1.67. The SMILES string of the molecule is CSCc1ccc(NC(=O)N2CCC2C(F)(F)F)cc1. The van der Waals surface area contributed by atoms with Gasteiger partial charge in [0.25, 0.3) is 0 Å². The number of rotatable bonds is 3. The summed E-state index contributed by atoms with van der Waals surface area (Å²) in [4.78, 5) is 12.6. The topological polar surface area (TPSA) is 32.3 Å². The third-order valence-corrected chi connectivity index (χ3v) is 3.80. The molecule has 7 heteroatoms. The van der Waals surface area contributed by atoms with Crippen LogP contribution in [0.1, 0.15) is 12.0 Å². The van der Waals surface area contributed by atoms with Crippen molar-refractivity contribution in [1.82, 2.24) is 4.90 Å². The number of hydrogen-bond acceptors (Lipinski definition) is 2. The maximum absolute atomic E-state index is 12.6. The van der Waals surface area contributed by atoms with Crippen LogP contribution in [-0.4, -0.2) is 35.9 Å². The Morgan fingerprint density at radius 1 is 1.40 bits per heavy atom. The molecule has 0 aromatic heterocycles. The molecular formula is C13H15F3N2OS. The molecule has 0 aliphatic carbocycles. The molecule has 1 aromatic carbocycles. The number of nitrogens with one attached hydrogen (secondary N) is 1. The first-order valence-electron chi connectivity index (χ1n) is 6.14. The van der Waals surface area contributed by atoms with Crippen molar-refractivity contribution in [2.24, 2.45) is 0 Å². The third-order valence-electron chi connectivity index (χ3n) is 3.17. The molecule has 2 rings (SSSR count). The predicted molar refractivity (Wildman–Crippen MR) is 73.8 cm³/mol. The fourth-order valence-corrected chi connectivity index (χ4v) is 2.54. The normalized spacial score (nSPS) is 18.6. The summed E-state index contributed by atoms with van der Waals surface area (Å²) < 4.78 is 37.7. The number of amides is 2. The molecule has 110 valence electrons. The van der Waals surface area contributed by atoms with Crippen LogP contribution in [0.5, 0.6) is 0 Å². The average molecular weight is 304 g/mol. The Morgan fingerprint density at radius 2 is 2.05 bits per heavy atom. The number of likely N-dealkylation sites (tertiary alicyclic amines) is 1. The molecule has 1 heterocycles. The van der Waals surface area contributed by atoms with E-state index in [-0.39, 0.29) is 13.0 Å². The first-order chi connectivity index (χ1) is 9.41. The Labute approximate surface area is 119 Å². The number of hydrogen-bond donors (Lipinski definition) is 1. The predicted octanol–water partition coefficient (Wildman–Crippen LogP) is 3.72. The number of nitrogens with zero attached hydrogens (tertiary/aromatic N) is 1. The second-order valence-electron chi connectivity index (χ2n) is 4.60. The number of alkyl halides is 3. The zero-order valence-electron chi connectivity index (χ0n) is 10.9. The van der Waals surface area contributed by atoms with Gasteiger partial charge in [-0.05, 0) is 30.4 Å². The van der Waals surface area contributed by atoms with Gasteiger partial charge in [0.15, 0.2) is 0 Å². The minimum Gasteiger partial charge on any atom is -0.312 e. The lowest BCUT2D eigenvalue weighted by Crippen LogP contribution is -2.59. The van der Waals surface area contributed by atoms with Crippen molar-refractivity contribution in [3.63, 3.8) is 0 Å². The maximum atomic E-state index is 12.6. The highest BCUT2D eigenvalue weighted by molar-refractivity contribution is 7.97. The van der Waals surface area contributed by atoms with Crippen LogP contribution in [-0.2, 0) is 5.75 Å². The minimum atomic E-state index is -4.35. The summed E-state index contributed by atoms with van der Waals surface area (Å²) in [7, 11) is 0. The molecule has 20 heavy (non-hydrogen) atoms. The third kappa shape index (κ3) is 3.39. The Hall–Kier alpha value is -1.37. The molecule has 1 fully saturated rings. The zero-order chi connectivity index (χ0) is 14.8. The van der Waals surface area contributed by atoms with E-state index in [1.165, 1.54) is 0 Å². The number of benzene rings is 1. The molecule has 1 aliphatic heterocycles. The van der Waals surface area contributed by atoms with Gasteiger partial charge < -0.3 is 10.2 Å². The van der Waals surface area contributed by atoms with E-state index in [4.69, 9.17) is 0 Å². The van der Waals surface area contributed by atoms with Gasteiger partial charge >= 0.3 is 12.2 Å². The largest absolute Gasteiger partial charge is 0.408 e. The monoisotopic (exact) mass is 304 g/mol. The van der Waals surface area contributed by atoms with Crippen molar-refractivity contribution in [2.75, 3.05) is 18.1 Å². The maximum Gasteiger partial charge on any atom is 0.408 e. The molecule has 1 atom stereocenters. The number of anilines is 1. The van der Waals surface area contributed by atoms with Gasteiger partial charge in [-0.15, -0.1) is 0 Å². The van der Waals surface area contributed by atoms with Gasteiger partial charge in [-0.1, -0.05) is 12.1 Å². The Kier molecular flexibility index (Phi) is 4.47. The zero-order valence-corrected chi connectivity index (χ0v) is 11.7. The molecule has 0 bridgehead atoms. The van der Waals surface area contributed by atoms with Crippen molar-refractivity contribution in [3.05, 3.63) is 29.8 Å². The van der Waals surface area contributed by atoms with Crippen LogP contribution in [0.2, 0.25) is 0 Å². The second kappa shape index (κ2) is 5.95. The molecule has 0 spiro atoms. The van der Waals surface area contributed by atoms with Crippen molar-refractivity contribution in [3.8, 4) is 0 Å². The van der Waals surface area contributed by atoms with Crippen LogP contribution in [0, 0.1) is 0 Å². The molecule has 1 aromatic rings. The fraction of sp³-hybridized carbons (Fsp3) is 0.462. The summed E-state index contributed by atoms with van der Waals surface area (Å²) in [5, 5.41) is 2.50. The Balaban J connectivity index is 1.94. The van der Waals surface area contributed by atoms with Crippen molar-refractivity contribution in [1.29, 1.82) is 0 Å². The van der Waals surface area contributed by atoms with E-state index in [9.17, 15) is 18.0 Å². The molecule has 2 amide bonds. The minimum absolute atomic E-state index is 0.0242. The van der Waals surface area contributed by atoms with Crippen molar-refractivity contribution >= 4 is 23.5 Å². The highest BCUT2D eigenvalue weighted by Crippen LogP contribution is 2.33. The van der Waals surface area contributed by atoms with E-state index in [2.05, 4.69) is 5.32 Å². The van der Waals surface area contributed by atoms with Gasteiger partial charge in [0.05, 0.1) is 0 Å². The van der Waals surface area contributed by atoms with E-state index in [0.29, 0.717) is 5.69 Å². The molecule has 1 saturated heterocycles. The number of halogens is 3. The van der Waals surface area contributed by atoms with E-state index >= 15 is 0 Å². The lowest BCUT2D eigenvalue weighted by molar-refractivity contribution is -0.198. The van der Waals surface area contributed by atoms with Gasteiger partial charge in [0.2, 0.25) is 0 Å². The molecule has 0 radical (unpaired) electrons. The van der Waals surface area contributed by atoms with Crippen LogP contribution in [0.25, 0.3) is 0 Å². The van der Waals surface area contributed by atoms with Gasteiger partial charge in [-0.3, -0.25) is 0 Å². The molecule has 0 saturated carbocycles. The Morgan fingerprint density at radius 3 is 2.50 bits per heavy atom. The molecule has 1 N–H and O–H groups in total. The van der Waals surface area contributed by atoms with E-state index in [0.717, 1.165) is 16.2 Å². The van der Waals surface area contributed by atoms with Crippen LogP contribution in [0.4, 0.5) is 23.7 Å². The van der Waals surface area contributed by atoms with Gasteiger partial charge in [-0.2, -0.15) is 24.9 Å². The van der Waals surface area contributed by atoms with Crippen LogP contribution < -0.4 is 5.32 Å². The first kappa shape index (κ1) is 15.0. The van der Waals surface area contributed by atoms with Crippen LogP contribution >= 0.6 is 11.8 Å². The highest BCUT2D eigenvalue weighted by atomic mass is 32.2. The quantitative estimate of drug-likeness (QED) is 0.923. The molecule has 3 nitrogen and oxygen atoms in total. The summed E-state index contributed by atoms with van der Waals surface area (Å²) in [6.07, 6.45) is -2.39. The Bertz CT molecular complexity index is 475. The summed E-state index contributed by atoms with van der Waals surface area (Å²) in [5.41, 5.74) is 1.61. The van der Waals surface area contributed by atoms with Crippen LogP contribution in [0.15, 0.2) is 24.3 Å². The van der Waals surface area contributed by atoms with Crippen molar-refractivity contribution in [2.45, 2.75) is 24.4 Å². The molecule has 1 aliphatic rings. The molecular weight excluding hydrogens is 289 g/mol. The number of thioether (sulfide) groups is 1. The number of carbonyl (C=O) groups excluding carboxylic acids is 1. The van der Waals surface area contributed by atoms with Gasteiger partial charge in [0, 0.05) is 18.0 Å². The number of carbonyl (C=O) groups is 1. The van der Waals surface area contributed by atoms with Crippen molar-refractivity contribution < 1.29 is 18.0 Å². The standard InChI is InChI=1S/C13H15F3N2OS/c1-20-8-9-2-4-10(5-3-9)17-12(19)18-7-6-11(18)13(14,15)16/h2-5,11H,6-8H2,1H3,(H,17,19). The first-order valence-corrected chi connectivity index (χ1v) is 7.53. The molecule has 1 unspecified atom stereocenters. The average Bonchev–Trinajstić information content (AvgIpc) is 2.28. The van der Waals surface area contributed by atoms with Crippen LogP contribution in [0.3, 0.4) is 0 Å². The second-order valence-corrected chi connectivity index (χ2v) is 5.47. The van der Waals surface area contributed by atoms with E-state index in [1.54, 1.807) is 23.9 Å². The summed E-state index contributed by atoms with van der Waals surface area (Å²) in [5.74, 6) is 0.858. The summed E-state index contributed by atoms with van der Waals surface area (Å²) in [6.45, 7) is 0.139. The fourth-order valence-electron chi connectivity index (χ4n) is 2.02. The number of urea groups is 1. The van der Waals surface area contributed by atoms with E-state index in [1.807, 2.05) is 18.4 Å². The summed E-state index contributed by atoms with van der Waals surface area (Å²) in [6, 6.07) is 4.75. The smallest absolute Gasteiger partial charge is 0.312 e. The van der Waals surface area contributed by atoms with E-state index < -0.39 is 18.2 Å². The highest BCUT2D eigenvalue weighted by Gasteiger charge is 2.50.